The van der Waals surface area contributed by atoms with Crippen molar-refractivity contribution >= 4 is 41.5 Å². The molecule has 1 aliphatic heterocycles. The van der Waals surface area contributed by atoms with E-state index in [1.165, 1.54) is 31.4 Å². The van der Waals surface area contributed by atoms with Gasteiger partial charge in [0.25, 0.3) is 0 Å². The van der Waals surface area contributed by atoms with Gasteiger partial charge in [-0.15, -0.1) is 24.0 Å². The smallest absolute Gasteiger partial charge is 0.224 e. The maximum Gasteiger partial charge on any atom is 0.224 e. The number of carbonyl (C=O) groups excluding carboxylic acids is 1. The molecule has 1 saturated carbocycles. The lowest BCUT2D eigenvalue weighted by molar-refractivity contribution is -0.131. The van der Waals surface area contributed by atoms with E-state index >= 15 is 0 Å². The summed E-state index contributed by atoms with van der Waals surface area (Å²) in [5, 5.41) is 3.27. The van der Waals surface area contributed by atoms with Crippen molar-refractivity contribution in [1.82, 2.24) is 10.2 Å². The zero-order valence-electron chi connectivity index (χ0n) is 16.3. The van der Waals surface area contributed by atoms with Gasteiger partial charge in [0.1, 0.15) is 5.82 Å². The zero-order valence-corrected chi connectivity index (χ0v) is 18.6. The van der Waals surface area contributed by atoms with Crippen LogP contribution in [0, 0.1) is 5.82 Å². The van der Waals surface area contributed by atoms with Gasteiger partial charge < -0.3 is 20.9 Å². The van der Waals surface area contributed by atoms with Crippen LogP contribution in [-0.2, 0) is 4.79 Å². The van der Waals surface area contributed by atoms with Gasteiger partial charge in [0.15, 0.2) is 5.96 Å². The molecule has 1 aromatic carbocycles. The van der Waals surface area contributed by atoms with E-state index in [0.29, 0.717) is 38.1 Å². The average molecular weight is 503 g/mol. The van der Waals surface area contributed by atoms with Crippen LogP contribution in [0.15, 0.2) is 29.3 Å². The highest BCUT2D eigenvalue weighted by Gasteiger charge is 2.21. The van der Waals surface area contributed by atoms with Gasteiger partial charge in [0, 0.05) is 44.3 Å². The first-order chi connectivity index (χ1) is 13.1. The van der Waals surface area contributed by atoms with Crippen molar-refractivity contribution in [3.8, 4) is 0 Å². The maximum absolute atomic E-state index is 13.0. The summed E-state index contributed by atoms with van der Waals surface area (Å²) in [5.41, 5.74) is 6.94. The van der Waals surface area contributed by atoms with Gasteiger partial charge in [0.2, 0.25) is 5.91 Å². The summed E-state index contributed by atoms with van der Waals surface area (Å²) in [6.07, 6.45) is 6.46. The average Bonchev–Trinajstić information content (AvgIpc) is 2.69. The molecule has 3 N–H and O–H groups in total. The molecule has 2 fully saturated rings. The summed E-state index contributed by atoms with van der Waals surface area (Å²) in [6, 6.07) is 6.93. The van der Waals surface area contributed by atoms with E-state index in [0.717, 1.165) is 31.6 Å². The molecule has 28 heavy (non-hydrogen) atoms. The second-order valence-electron chi connectivity index (χ2n) is 7.34. The van der Waals surface area contributed by atoms with E-state index < -0.39 is 0 Å². The third-order valence-electron chi connectivity index (χ3n) is 5.39. The van der Waals surface area contributed by atoms with Crippen molar-refractivity contribution in [3.63, 3.8) is 0 Å². The molecule has 0 bridgehead atoms. The van der Waals surface area contributed by atoms with Crippen LogP contribution in [-0.4, -0.2) is 55.5 Å². The molecule has 156 valence electrons. The number of anilines is 1. The lowest BCUT2D eigenvalue weighted by atomic mass is 9.96. The van der Waals surface area contributed by atoms with Crippen molar-refractivity contribution in [3.05, 3.63) is 30.1 Å². The summed E-state index contributed by atoms with van der Waals surface area (Å²) >= 11 is 0. The lowest BCUT2D eigenvalue weighted by Gasteiger charge is -2.36. The SMILES string of the molecule is I.NC(=NCCC(=O)N1CCN(c2ccc(F)cc2)CC1)NC1CCCCC1. The van der Waals surface area contributed by atoms with Crippen LogP contribution in [0.4, 0.5) is 10.1 Å². The second-order valence-corrected chi connectivity index (χ2v) is 7.34. The summed E-state index contributed by atoms with van der Waals surface area (Å²) < 4.78 is 13.0. The maximum atomic E-state index is 13.0. The number of benzene rings is 1. The van der Waals surface area contributed by atoms with Crippen LogP contribution in [0.5, 0.6) is 0 Å². The standard InChI is InChI=1S/C20H30FN5O.HI/c21-16-6-8-18(9-7-16)25-12-14-26(15-13-25)19(27)10-11-23-20(22)24-17-4-2-1-3-5-17;/h6-9,17H,1-5,10-15H2,(H3,22,23,24);1H. The Labute approximate surface area is 183 Å². The van der Waals surface area contributed by atoms with Crippen molar-refractivity contribution in [1.29, 1.82) is 0 Å². The van der Waals surface area contributed by atoms with Crippen LogP contribution in [0.25, 0.3) is 0 Å². The molecular weight excluding hydrogens is 472 g/mol. The normalized spacial score (nSPS) is 18.5. The number of piperazine rings is 1. The van der Waals surface area contributed by atoms with E-state index in [9.17, 15) is 9.18 Å². The molecule has 1 amide bonds. The largest absolute Gasteiger partial charge is 0.370 e. The monoisotopic (exact) mass is 503 g/mol. The summed E-state index contributed by atoms with van der Waals surface area (Å²) in [5.74, 6) is 0.337. The molecule has 2 aliphatic rings. The quantitative estimate of drug-likeness (QED) is 0.368. The number of amides is 1. The predicted octanol–water partition coefficient (Wildman–Crippen LogP) is 2.72. The zero-order chi connectivity index (χ0) is 19.1. The molecule has 1 aliphatic carbocycles. The van der Waals surface area contributed by atoms with Gasteiger partial charge in [-0.3, -0.25) is 9.79 Å². The molecule has 1 saturated heterocycles. The highest BCUT2D eigenvalue weighted by Crippen LogP contribution is 2.18. The Morgan fingerprint density at radius 3 is 2.39 bits per heavy atom. The molecule has 0 atom stereocenters. The van der Waals surface area contributed by atoms with Gasteiger partial charge in [-0.25, -0.2) is 4.39 Å². The molecule has 3 rings (SSSR count). The number of hydrogen-bond donors (Lipinski definition) is 2. The molecule has 0 spiro atoms. The van der Waals surface area contributed by atoms with Gasteiger partial charge in [0.05, 0.1) is 6.54 Å². The number of nitrogens with one attached hydrogen (secondary N) is 1. The Balaban J connectivity index is 0.00000280. The topological polar surface area (TPSA) is 74.0 Å². The molecule has 1 heterocycles. The lowest BCUT2D eigenvalue weighted by Crippen LogP contribution is -2.49. The number of hydrogen-bond acceptors (Lipinski definition) is 3. The van der Waals surface area contributed by atoms with Crippen LogP contribution in [0.1, 0.15) is 38.5 Å². The Morgan fingerprint density at radius 1 is 1.11 bits per heavy atom. The minimum Gasteiger partial charge on any atom is -0.370 e. The van der Waals surface area contributed by atoms with Crippen molar-refractivity contribution in [2.75, 3.05) is 37.6 Å². The molecule has 1 aromatic rings. The van der Waals surface area contributed by atoms with E-state index in [1.807, 2.05) is 4.90 Å². The number of aliphatic imine (C=N–C) groups is 1. The van der Waals surface area contributed by atoms with E-state index in [1.54, 1.807) is 12.1 Å². The summed E-state index contributed by atoms with van der Waals surface area (Å²) in [7, 11) is 0. The fourth-order valence-corrected chi connectivity index (χ4v) is 3.80. The van der Waals surface area contributed by atoms with Crippen LogP contribution in [0.3, 0.4) is 0 Å². The first-order valence-electron chi connectivity index (χ1n) is 9.96. The molecule has 0 radical (unpaired) electrons. The molecular formula is C20H31FIN5O. The van der Waals surface area contributed by atoms with E-state index in [2.05, 4.69) is 15.2 Å². The van der Waals surface area contributed by atoms with Crippen molar-refractivity contribution in [2.24, 2.45) is 10.7 Å². The predicted molar refractivity (Wildman–Crippen MR) is 122 cm³/mol. The van der Waals surface area contributed by atoms with E-state index in [4.69, 9.17) is 5.73 Å². The number of guanidine groups is 1. The first kappa shape index (κ1) is 22.7. The number of carbonyl (C=O) groups is 1. The Hall–Kier alpha value is -1.58. The Bertz CT molecular complexity index is 641. The second kappa shape index (κ2) is 11.4. The van der Waals surface area contributed by atoms with E-state index in [-0.39, 0.29) is 35.7 Å². The van der Waals surface area contributed by atoms with Gasteiger partial charge in [-0.2, -0.15) is 0 Å². The number of halogens is 2. The minimum atomic E-state index is -0.231. The summed E-state index contributed by atoms with van der Waals surface area (Å²) in [6.45, 7) is 3.28. The summed E-state index contributed by atoms with van der Waals surface area (Å²) in [4.78, 5) is 20.7. The third kappa shape index (κ3) is 6.79. The first-order valence-corrected chi connectivity index (χ1v) is 9.96. The van der Waals surface area contributed by atoms with Crippen molar-refractivity contribution in [2.45, 2.75) is 44.6 Å². The van der Waals surface area contributed by atoms with Gasteiger partial charge in [-0.1, -0.05) is 19.3 Å². The third-order valence-corrected chi connectivity index (χ3v) is 5.39. The highest BCUT2D eigenvalue weighted by atomic mass is 127. The molecule has 0 unspecified atom stereocenters. The van der Waals surface area contributed by atoms with Gasteiger partial charge >= 0.3 is 0 Å². The van der Waals surface area contributed by atoms with Crippen LogP contribution in [0.2, 0.25) is 0 Å². The fraction of sp³-hybridized carbons (Fsp3) is 0.600. The number of nitrogens with two attached hydrogens (primary N) is 1. The number of rotatable bonds is 5. The fourth-order valence-electron chi connectivity index (χ4n) is 3.80. The van der Waals surface area contributed by atoms with Crippen LogP contribution >= 0.6 is 24.0 Å². The Morgan fingerprint density at radius 2 is 1.75 bits per heavy atom. The highest BCUT2D eigenvalue weighted by molar-refractivity contribution is 14.0. The molecule has 6 nitrogen and oxygen atoms in total. The van der Waals surface area contributed by atoms with Crippen molar-refractivity contribution < 1.29 is 9.18 Å². The molecule has 0 aromatic heterocycles. The Kier molecular flexibility index (Phi) is 9.27. The van der Waals surface area contributed by atoms with Gasteiger partial charge in [-0.05, 0) is 37.1 Å². The minimum absolute atomic E-state index is 0. The number of nitrogens with zero attached hydrogens (tertiary/aromatic N) is 3. The van der Waals surface area contributed by atoms with Crippen LogP contribution < -0.4 is 16.0 Å². The molecule has 8 heteroatoms.